The number of hydrogen-bond acceptors (Lipinski definition) is 6. The molecule has 45 heavy (non-hydrogen) atoms. The Balaban J connectivity index is 1.37. The van der Waals surface area contributed by atoms with Crippen molar-refractivity contribution in [3.05, 3.63) is 82.7 Å². The highest BCUT2D eigenvalue weighted by Crippen LogP contribution is 2.50. The molecule has 0 bridgehead atoms. The Hall–Kier alpha value is -4.33. The highest BCUT2D eigenvalue weighted by molar-refractivity contribution is 6.07. The van der Waals surface area contributed by atoms with Crippen LogP contribution in [0, 0.1) is 0 Å². The smallest absolute Gasteiger partial charge is 0.430 e. The Morgan fingerprint density at radius 1 is 1.07 bits per heavy atom. The minimum absolute atomic E-state index is 0.000655. The van der Waals surface area contributed by atoms with Gasteiger partial charge in [-0.25, -0.2) is 4.79 Å². The van der Waals surface area contributed by atoms with Crippen molar-refractivity contribution in [2.75, 3.05) is 0 Å². The van der Waals surface area contributed by atoms with Crippen molar-refractivity contribution in [3.8, 4) is 17.2 Å². The summed E-state index contributed by atoms with van der Waals surface area (Å²) in [6.45, 7) is 4.95. The number of carbonyl (C=O) groups is 2. The quantitative estimate of drug-likeness (QED) is 0.218. The molecule has 2 aromatic carbocycles. The van der Waals surface area contributed by atoms with Crippen LogP contribution in [0.4, 0.5) is 31.1 Å². The molecule has 2 aliphatic heterocycles. The van der Waals surface area contributed by atoms with Gasteiger partial charge >= 0.3 is 18.4 Å². The van der Waals surface area contributed by atoms with Gasteiger partial charge in [0.15, 0.2) is 0 Å². The molecule has 0 spiro atoms. The first-order valence-electron chi connectivity index (χ1n) is 14.0. The summed E-state index contributed by atoms with van der Waals surface area (Å²) in [5, 5.41) is 12.6. The maximum Gasteiger partial charge on any atom is 0.430 e. The first-order valence-corrected chi connectivity index (χ1v) is 14.0. The molecule has 0 saturated carbocycles. The first-order chi connectivity index (χ1) is 21.0. The molecule has 1 saturated heterocycles. The molecule has 0 radical (unpaired) electrons. The van der Waals surface area contributed by atoms with Crippen LogP contribution >= 0.6 is 0 Å². The van der Waals surface area contributed by atoms with Crippen LogP contribution in [-0.2, 0) is 35.3 Å². The van der Waals surface area contributed by atoms with Gasteiger partial charge in [-0.2, -0.15) is 26.3 Å². The second-order valence-electron chi connectivity index (χ2n) is 11.3. The van der Waals surface area contributed by atoms with Gasteiger partial charge in [0.25, 0.3) is 11.5 Å². The van der Waals surface area contributed by atoms with E-state index >= 15 is 0 Å². The van der Waals surface area contributed by atoms with Gasteiger partial charge in [-0.15, -0.1) is 0 Å². The van der Waals surface area contributed by atoms with E-state index in [9.17, 15) is 41.0 Å². The summed E-state index contributed by atoms with van der Waals surface area (Å²) in [5.41, 5.74) is -6.08. The van der Waals surface area contributed by atoms with E-state index in [1.54, 1.807) is 26.0 Å². The lowest BCUT2D eigenvalue weighted by Crippen LogP contribution is -2.53. The molecule has 1 fully saturated rings. The van der Waals surface area contributed by atoms with Crippen molar-refractivity contribution in [2.24, 2.45) is 0 Å². The summed E-state index contributed by atoms with van der Waals surface area (Å²) in [6, 6.07) is 9.52. The normalized spacial score (nSPS) is 20.2. The number of ether oxygens (including phenoxy) is 2. The first kappa shape index (κ1) is 32.1. The van der Waals surface area contributed by atoms with Crippen LogP contribution in [0.5, 0.6) is 17.2 Å². The Bertz CT molecular complexity index is 1630. The third-order valence-electron chi connectivity index (χ3n) is 7.90. The summed E-state index contributed by atoms with van der Waals surface area (Å²) in [6.07, 6.45) is -9.69. The largest absolute Gasteiger partial charge is 0.490 e. The number of aliphatic hydroxyl groups is 1. The van der Waals surface area contributed by atoms with E-state index in [0.29, 0.717) is 30.5 Å². The van der Waals surface area contributed by atoms with Crippen LogP contribution in [0.3, 0.4) is 0 Å². The van der Waals surface area contributed by atoms with Gasteiger partial charge < -0.3 is 19.9 Å². The molecule has 1 aromatic heterocycles. The fraction of sp³-hybridized carbons (Fsp3) is 0.387. The summed E-state index contributed by atoms with van der Waals surface area (Å²) in [5.74, 6) is 0.268. The van der Waals surface area contributed by atoms with Crippen molar-refractivity contribution in [1.82, 2.24) is 15.2 Å². The minimum atomic E-state index is -6.03. The molecule has 2 N–H and O–H groups in total. The number of alkyl halides is 6. The van der Waals surface area contributed by atoms with Gasteiger partial charge in [-0.05, 0) is 67.3 Å². The van der Waals surface area contributed by atoms with Gasteiger partial charge in [-0.1, -0.05) is 25.5 Å². The van der Waals surface area contributed by atoms with Gasteiger partial charge in [0.2, 0.25) is 0 Å². The maximum absolute atomic E-state index is 13.5. The van der Waals surface area contributed by atoms with E-state index in [0.717, 1.165) is 22.3 Å². The zero-order chi connectivity index (χ0) is 32.9. The standard InChI is InChI=1S/C31H29F6N3O5/c1-4-5-18-13-21(29(43,30(32,33)34)31(35,36)37)7-9-24(18)45-23-10-11-38-22(15-23)16-40-26(41)28(3,39-27(40)42)20-6-8-25-19(14-20)12-17(2)44-25/h6-11,13-15,17,43H,4-5,12,16H2,1-3H3,(H,39,42). The van der Waals surface area contributed by atoms with Crippen molar-refractivity contribution < 1.29 is 50.5 Å². The Morgan fingerprint density at radius 3 is 2.44 bits per heavy atom. The van der Waals surface area contributed by atoms with E-state index < -0.39 is 41.0 Å². The molecule has 8 nitrogen and oxygen atoms in total. The fourth-order valence-electron chi connectivity index (χ4n) is 5.52. The number of urea groups is 1. The van der Waals surface area contributed by atoms with E-state index in [4.69, 9.17) is 9.47 Å². The second-order valence-corrected chi connectivity index (χ2v) is 11.3. The van der Waals surface area contributed by atoms with Crippen LogP contribution < -0.4 is 14.8 Å². The number of rotatable bonds is 8. The number of imide groups is 1. The zero-order valence-electron chi connectivity index (χ0n) is 24.3. The number of halogens is 6. The molecule has 2 atom stereocenters. The predicted octanol–water partition coefficient (Wildman–Crippen LogP) is 6.43. The van der Waals surface area contributed by atoms with E-state index in [2.05, 4.69) is 10.3 Å². The Labute approximate surface area is 254 Å². The van der Waals surface area contributed by atoms with Crippen LogP contribution in [0.2, 0.25) is 0 Å². The van der Waals surface area contributed by atoms with Gasteiger partial charge in [0, 0.05) is 24.2 Å². The number of aromatic nitrogens is 1. The predicted molar refractivity (Wildman–Crippen MR) is 147 cm³/mol. The average Bonchev–Trinajstić information content (AvgIpc) is 3.43. The number of carbonyl (C=O) groups excluding carboxylic acids is 2. The third kappa shape index (κ3) is 5.67. The van der Waals surface area contributed by atoms with E-state index in [1.165, 1.54) is 18.3 Å². The minimum Gasteiger partial charge on any atom is -0.490 e. The molecule has 2 aliphatic rings. The molecule has 3 heterocycles. The highest BCUT2D eigenvalue weighted by atomic mass is 19.4. The van der Waals surface area contributed by atoms with Gasteiger partial charge in [0.1, 0.15) is 28.9 Å². The summed E-state index contributed by atoms with van der Waals surface area (Å²) < 4.78 is 92.3. The van der Waals surface area contributed by atoms with E-state index in [1.807, 2.05) is 13.0 Å². The maximum atomic E-state index is 13.5. The number of fused-ring (bicyclic) bond motifs is 1. The third-order valence-corrected chi connectivity index (χ3v) is 7.90. The number of nitrogens with one attached hydrogen (secondary N) is 1. The van der Waals surface area contributed by atoms with Gasteiger partial charge in [-0.3, -0.25) is 14.7 Å². The Morgan fingerprint density at radius 2 is 1.78 bits per heavy atom. The molecule has 3 aromatic rings. The summed E-state index contributed by atoms with van der Waals surface area (Å²) in [4.78, 5) is 31.7. The van der Waals surface area contributed by atoms with Crippen LogP contribution in [0.25, 0.3) is 0 Å². The molecule has 5 rings (SSSR count). The molecule has 14 heteroatoms. The van der Waals surface area contributed by atoms with Crippen molar-refractivity contribution >= 4 is 11.9 Å². The van der Waals surface area contributed by atoms with Crippen molar-refractivity contribution in [3.63, 3.8) is 0 Å². The number of pyridine rings is 1. The SMILES string of the molecule is CCCc1cc(C(O)(C(F)(F)F)C(F)(F)F)ccc1Oc1ccnc(CN2C(=O)NC(C)(c3ccc4c(c3)CC(C)O4)C2=O)c1. The molecule has 0 aliphatic carbocycles. The molecular formula is C31H29F6N3O5. The Kier molecular flexibility index (Phi) is 8.01. The number of aryl methyl sites for hydroxylation is 1. The van der Waals surface area contributed by atoms with Crippen molar-refractivity contribution in [2.45, 2.75) is 76.2 Å². The monoisotopic (exact) mass is 637 g/mol. The van der Waals surface area contributed by atoms with E-state index in [-0.39, 0.29) is 41.8 Å². The number of benzene rings is 2. The lowest BCUT2D eigenvalue weighted by atomic mass is 9.90. The average molecular weight is 638 g/mol. The van der Waals surface area contributed by atoms with Crippen LogP contribution in [0.15, 0.2) is 54.7 Å². The lowest BCUT2D eigenvalue weighted by molar-refractivity contribution is -0.376. The molecular weight excluding hydrogens is 608 g/mol. The highest BCUT2D eigenvalue weighted by Gasteiger charge is 2.71. The summed E-state index contributed by atoms with van der Waals surface area (Å²) >= 11 is 0. The van der Waals surface area contributed by atoms with Crippen molar-refractivity contribution in [1.29, 1.82) is 0 Å². The molecule has 2 unspecified atom stereocenters. The number of hydrogen-bond donors (Lipinski definition) is 2. The number of amides is 3. The molecule has 3 amide bonds. The van der Waals surface area contributed by atoms with Gasteiger partial charge in [0.05, 0.1) is 12.2 Å². The fourth-order valence-corrected chi connectivity index (χ4v) is 5.52. The lowest BCUT2D eigenvalue weighted by Gasteiger charge is -2.33. The second kappa shape index (κ2) is 11.2. The number of nitrogens with zero attached hydrogens (tertiary/aromatic N) is 2. The zero-order valence-corrected chi connectivity index (χ0v) is 24.3. The molecule has 240 valence electrons. The summed E-state index contributed by atoms with van der Waals surface area (Å²) in [7, 11) is 0. The topological polar surface area (TPSA) is 101 Å². The van der Waals surface area contributed by atoms with Crippen LogP contribution in [0.1, 0.15) is 55.1 Å². The van der Waals surface area contributed by atoms with Crippen LogP contribution in [-0.4, -0.2) is 45.4 Å².